The average Bonchev–Trinajstić information content (AvgIpc) is 0.918. The van der Waals surface area contributed by atoms with Crippen molar-refractivity contribution in [2.24, 2.45) is 0 Å². The fourth-order valence-corrected chi connectivity index (χ4v) is 0. The van der Waals surface area contributed by atoms with Gasteiger partial charge in [-0.2, -0.15) is 0 Å². The lowest BCUT2D eigenvalue weighted by Gasteiger charge is -1.02. The van der Waals surface area contributed by atoms with E-state index in [-0.39, 0.29) is 37.2 Å². The van der Waals surface area contributed by atoms with Gasteiger partial charge < -0.3 is 0 Å². The zero-order valence-electron chi connectivity index (χ0n) is 2.63. The van der Waals surface area contributed by atoms with Gasteiger partial charge in [0.2, 0.25) is 6.08 Å². The molecule has 0 spiro atoms. The Morgan fingerprint density at radius 2 is 1.17 bits per heavy atom. The van der Waals surface area contributed by atoms with Crippen LogP contribution in [0.25, 0.3) is 0 Å². The molecule has 0 amide bonds. The summed E-state index contributed by atoms with van der Waals surface area (Å²) in [7, 11) is 0. The van der Waals surface area contributed by atoms with E-state index in [1.165, 1.54) is 0 Å². The molecule has 0 aliphatic heterocycles. The highest BCUT2D eigenvalue weighted by Crippen LogP contribution is 0.868. The van der Waals surface area contributed by atoms with Crippen molar-refractivity contribution in [1.82, 2.24) is 0 Å². The predicted octanol–water partition coefficient (Wildman–Crippen LogP) is 1.17. The largest absolute Gasteiger partial charge is 0.231 e. The Kier molecular flexibility index (Phi) is 344. The molecule has 0 aromatic carbocycles. The molecule has 0 bridgehead atoms. The maximum Gasteiger partial charge on any atom is 0.231 e. The van der Waals surface area contributed by atoms with E-state index < -0.39 is 0 Å². The Morgan fingerprint density at radius 3 is 1.17 bits per heavy atom. The summed E-state index contributed by atoms with van der Waals surface area (Å²) in [6.07, 6.45) is 0.750. The Bertz CT molecular complexity index is 31.8. The van der Waals surface area contributed by atoms with Crippen molar-refractivity contribution in [1.29, 1.82) is 5.41 Å². The third-order valence-corrected chi connectivity index (χ3v) is 0. The SMILES string of the molecule is Cl.Cl.Cl.N=C=O. The highest BCUT2D eigenvalue weighted by atomic mass is 35.5. The van der Waals surface area contributed by atoms with E-state index in [0.29, 0.717) is 0 Å². The summed E-state index contributed by atoms with van der Waals surface area (Å²) in [5.74, 6) is 0. The molecular weight excluding hydrogens is 148 g/mol. The van der Waals surface area contributed by atoms with E-state index in [1.807, 2.05) is 0 Å². The van der Waals surface area contributed by atoms with Crippen LogP contribution >= 0.6 is 37.2 Å². The summed E-state index contributed by atoms with van der Waals surface area (Å²) >= 11 is 0. The molecule has 0 aliphatic rings. The summed E-state index contributed by atoms with van der Waals surface area (Å²) in [6, 6.07) is 0. The Morgan fingerprint density at radius 1 is 1.17 bits per heavy atom. The van der Waals surface area contributed by atoms with Crippen LogP contribution in [0.5, 0.6) is 0 Å². The fraction of sp³-hybridized carbons (Fsp3) is 0. The van der Waals surface area contributed by atoms with Crippen molar-refractivity contribution in [3.05, 3.63) is 0 Å². The Hall–Kier alpha value is 0.250. The molecule has 40 valence electrons. The lowest BCUT2D eigenvalue weighted by molar-refractivity contribution is 0.563. The third kappa shape index (κ3) is 718. The molecule has 0 rings (SSSR count). The van der Waals surface area contributed by atoms with E-state index in [9.17, 15) is 0 Å². The quantitative estimate of drug-likeness (QED) is 0.411. The molecule has 0 radical (unpaired) electrons. The van der Waals surface area contributed by atoms with E-state index in [1.54, 1.807) is 0 Å². The van der Waals surface area contributed by atoms with Crippen LogP contribution in [-0.2, 0) is 4.79 Å². The highest BCUT2D eigenvalue weighted by molar-refractivity contribution is 5.86. The minimum atomic E-state index is 0. The first-order chi connectivity index (χ1) is 1.41. The molecule has 2 nitrogen and oxygen atoms in total. The van der Waals surface area contributed by atoms with Gasteiger partial charge in [0.15, 0.2) is 0 Å². The van der Waals surface area contributed by atoms with Gasteiger partial charge in [-0.3, -0.25) is 0 Å². The Balaban J connectivity index is -0.00000000667. The monoisotopic (exact) mass is 151 g/mol. The smallest absolute Gasteiger partial charge is 0.222 e. The predicted molar refractivity (Wildman–Crippen MR) is 30.2 cm³/mol. The average molecular weight is 152 g/mol. The molecule has 1 N–H and O–H groups in total. The van der Waals surface area contributed by atoms with Gasteiger partial charge in [-0.1, -0.05) is 0 Å². The number of nitrogens with one attached hydrogen (secondary N) is 1. The first kappa shape index (κ1) is 34.0. The van der Waals surface area contributed by atoms with Crippen molar-refractivity contribution in [3.8, 4) is 0 Å². The molecule has 0 aromatic rings. The molecule has 0 heterocycles. The summed E-state index contributed by atoms with van der Waals surface area (Å²) in [5.41, 5.74) is 0. The second kappa shape index (κ2) is 60.7. The zero-order valence-corrected chi connectivity index (χ0v) is 5.08. The number of hydrogen-bond donors (Lipinski definition) is 1. The van der Waals surface area contributed by atoms with Gasteiger partial charge in [0.1, 0.15) is 0 Å². The minimum Gasteiger partial charge on any atom is -0.222 e. The second-order valence-corrected chi connectivity index (χ2v) is 0.102. The van der Waals surface area contributed by atoms with Gasteiger partial charge in [0, 0.05) is 0 Å². The number of hydrogen-bond acceptors (Lipinski definition) is 2. The standard InChI is InChI=1S/CHNO.3ClH/c2-1-3;;;/h2H;3*1H. The molecule has 0 aliphatic carbocycles. The number of isocyanates is 1. The molecule has 0 unspecified atom stereocenters. The first-order valence-corrected chi connectivity index (χ1v) is 0.454. The molecule has 0 aromatic heterocycles. The van der Waals surface area contributed by atoms with E-state index >= 15 is 0 Å². The maximum atomic E-state index is 8.35. The fourth-order valence-electron chi connectivity index (χ4n) is 0. The summed E-state index contributed by atoms with van der Waals surface area (Å²) in [6.45, 7) is 0. The normalized spacial score (nSPS) is 1.33. The Labute approximate surface area is 54.0 Å². The lowest BCUT2D eigenvalue weighted by Crippen LogP contribution is -1.16. The topological polar surface area (TPSA) is 40.9 Å². The van der Waals surface area contributed by atoms with Crippen molar-refractivity contribution < 1.29 is 4.79 Å². The van der Waals surface area contributed by atoms with Crippen LogP contribution in [0.15, 0.2) is 0 Å². The molecule has 0 atom stereocenters. The molecular formula is CH4Cl3NO. The van der Waals surface area contributed by atoms with E-state index in [4.69, 9.17) is 10.2 Å². The van der Waals surface area contributed by atoms with Crippen LogP contribution in [0, 0.1) is 5.41 Å². The van der Waals surface area contributed by atoms with Crippen LogP contribution in [0.3, 0.4) is 0 Å². The summed E-state index contributed by atoms with van der Waals surface area (Å²) in [5, 5.41) is 5.40. The number of rotatable bonds is 0. The van der Waals surface area contributed by atoms with Crippen LogP contribution in [0.2, 0.25) is 0 Å². The summed E-state index contributed by atoms with van der Waals surface area (Å²) in [4.78, 5) is 8.35. The number of halogens is 3. The minimum absolute atomic E-state index is 0. The van der Waals surface area contributed by atoms with Crippen LogP contribution in [0.1, 0.15) is 0 Å². The third-order valence-electron chi connectivity index (χ3n) is 0. The van der Waals surface area contributed by atoms with Crippen LogP contribution < -0.4 is 0 Å². The molecule has 0 fully saturated rings. The second-order valence-electron chi connectivity index (χ2n) is 0.102. The van der Waals surface area contributed by atoms with Gasteiger partial charge in [-0.15, -0.1) is 37.2 Å². The van der Waals surface area contributed by atoms with E-state index in [2.05, 4.69) is 0 Å². The van der Waals surface area contributed by atoms with Crippen molar-refractivity contribution in [2.75, 3.05) is 0 Å². The first-order valence-electron chi connectivity index (χ1n) is 0.454. The van der Waals surface area contributed by atoms with Gasteiger partial charge in [-0.25, -0.2) is 10.2 Å². The van der Waals surface area contributed by atoms with E-state index in [0.717, 1.165) is 6.08 Å². The number of carbonyl (C=O) groups excluding carboxylic acids is 1. The molecule has 0 saturated heterocycles. The highest BCUT2D eigenvalue weighted by Gasteiger charge is 1.03. The van der Waals surface area contributed by atoms with Gasteiger partial charge in [-0.05, 0) is 0 Å². The van der Waals surface area contributed by atoms with Crippen molar-refractivity contribution >= 4 is 43.3 Å². The van der Waals surface area contributed by atoms with Crippen molar-refractivity contribution in [2.45, 2.75) is 0 Å². The van der Waals surface area contributed by atoms with Gasteiger partial charge >= 0.3 is 0 Å². The van der Waals surface area contributed by atoms with Gasteiger partial charge in [0.05, 0.1) is 0 Å². The van der Waals surface area contributed by atoms with Crippen LogP contribution in [-0.4, -0.2) is 6.08 Å². The molecule has 6 heavy (non-hydrogen) atoms. The van der Waals surface area contributed by atoms with Crippen molar-refractivity contribution in [3.63, 3.8) is 0 Å². The molecule has 0 saturated carbocycles. The zero-order chi connectivity index (χ0) is 2.71. The van der Waals surface area contributed by atoms with Crippen LogP contribution in [0.4, 0.5) is 0 Å². The maximum absolute atomic E-state index is 8.35. The summed E-state index contributed by atoms with van der Waals surface area (Å²) < 4.78 is 0. The van der Waals surface area contributed by atoms with Gasteiger partial charge in [0.25, 0.3) is 0 Å². The lowest BCUT2D eigenvalue weighted by atomic mass is 11.7. The molecule has 5 heteroatoms.